The maximum absolute atomic E-state index is 10.8. The lowest BCUT2D eigenvalue weighted by molar-refractivity contribution is -0.133. The summed E-state index contributed by atoms with van der Waals surface area (Å²) in [5.74, 6) is -0.964. The summed E-state index contributed by atoms with van der Waals surface area (Å²) < 4.78 is 7.15. The van der Waals surface area contributed by atoms with Crippen LogP contribution < -0.4 is 0 Å². The number of hydrogen-bond donors (Lipinski definition) is 1. The van der Waals surface area contributed by atoms with Gasteiger partial charge in [-0.2, -0.15) is 0 Å². The van der Waals surface area contributed by atoms with E-state index in [2.05, 4.69) is 9.97 Å². The highest BCUT2D eigenvalue weighted by Gasteiger charge is 2.27. The zero-order valence-corrected chi connectivity index (χ0v) is 13.5. The number of aromatic nitrogens is 3. The van der Waals surface area contributed by atoms with Gasteiger partial charge in [0.2, 0.25) is 0 Å². The molecule has 8 heteroatoms. The van der Waals surface area contributed by atoms with Gasteiger partial charge in [-0.05, 0) is 19.9 Å². The highest BCUT2D eigenvalue weighted by atomic mass is 35.5. The van der Waals surface area contributed by atoms with Crippen molar-refractivity contribution >= 4 is 40.5 Å². The largest absolute Gasteiger partial charge is 0.481 e. The number of carboxylic acids is 1. The number of pyridine rings is 1. The number of nitrogens with zero attached hydrogens (tertiary/aromatic N) is 3. The predicted octanol–water partition coefficient (Wildman–Crippen LogP) is 2.64. The molecule has 0 aliphatic rings. The van der Waals surface area contributed by atoms with Gasteiger partial charge >= 0.3 is 5.97 Å². The number of imidazole rings is 1. The molecule has 0 aliphatic carbocycles. The third kappa shape index (κ3) is 3.48. The van der Waals surface area contributed by atoms with Crippen LogP contribution in [0.4, 0.5) is 0 Å². The van der Waals surface area contributed by atoms with Crippen LogP contribution in [0.2, 0.25) is 5.02 Å². The van der Waals surface area contributed by atoms with Gasteiger partial charge in [-0.3, -0.25) is 9.36 Å². The van der Waals surface area contributed by atoms with Crippen molar-refractivity contribution in [2.45, 2.75) is 24.5 Å². The molecule has 2 rings (SSSR count). The molecule has 0 atom stereocenters. The smallest absolute Gasteiger partial charge is 0.313 e. The molecule has 0 spiro atoms. The molecule has 0 aliphatic heterocycles. The summed E-state index contributed by atoms with van der Waals surface area (Å²) in [6.45, 7) is 4.42. The van der Waals surface area contributed by atoms with Crippen molar-refractivity contribution in [1.29, 1.82) is 0 Å². The van der Waals surface area contributed by atoms with Crippen LogP contribution in [0.25, 0.3) is 11.2 Å². The summed E-state index contributed by atoms with van der Waals surface area (Å²) in [5, 5.41) is 9.95. The van der Waals surface area contributed by atoms with Gasteiger partial charge in [0.15, 0.2) is 10.8 Å². The van der Waals surface area contributed by atoms with E-state index in [0.717, 1.165) is 11.8 Å². The fraction of sp³-hybridized carbons (Fsp3) is 0.462. The van der Waals surface area contributed by atoms with E-state index >= 15 is 0 Å². The Kier molecular flexibility index (Phi) is 4.75. The molecular weight excluding hydrogens is 314 g/mol. The molecular formula is C13H16ClN3O3S. The fourth-order valence-corrected chi connectivity index (χ4v) is 3.14. The van der Waals surface area contributed by atoms with Crippen molar-refractivity contribution in [1.82, 2.24) is 14.5 Å². The first-order chi connectivity index (χ1) is 9.85. The zero-order chi connectivity index (χ0) is 15.6. The van der Waals surface area contributed by atoms with E-state index in [9.17, 15) is 4.79 Å². The normalized spacial score (nSPS) is 12.0. The molecule has 0 unspecified atom stereocenters. The van der Waals surface area contributed by atoms with Crippen LogP contribution >= 0.6 is 23.4 Å². The Balaban J connectivity index is 2.56. The predicted molar refractivity (Wildman–Crippen MR) is 82.1 cm³/mol. The van der Waals surface area contributed by atoms with Gasteiger partial charge in [0, 0.05) is 13.3 Å². The number of hydrogen-bond acceptors (Lipinski definition) is 5. The Labute approximate surface area is 131 Å². The Morgan fingerprint density at radius 2 is 2.29 bits per heavy atom. The number of rotatable bonds is 6. The van der Waals surface area contributed by atoms with Gasteiger partial charge in [-0.1, -0.05) is 23.4 Å². The van der Waals surface area contributed by atoms with Gasteiger partial charge in [0.25, 0.3) is 0 Å². The quantitative estimate of drug-likeness (QED) is 0.821. The monoisotopic (exact) mass is 329 g/mol. The first-order valence-corrected chi connectivity index (χ1v) is 7.59. The lowest BCUT2D eigenvalue weighted by atomic mass is 10.1. The van der Waals surface area contributed by atoms with Crippen LogP contribution in [0.3, 0.4) is 0 Å². The summed E-state index contributed by atoms with van der Waals surface area (Å²) in [6.07, 6.45) is 1.55. The minimum absolute atomic E-state index is 0.0693. The van der Waals surface area contributed by atoms with Gasteiger partial charge in [0.1, 0.15) is 5.52 Å². The minimum Gasteiger partial charge on any atom is -0.481 e. The van der Waals surface area contributed by atoms with Crippen LogP contribution in [0.15, 0.2) is 17.4 Å². The van der Waals surface area contributed by atoms with Gasteiger partial charge in [-0.15, -0.1) is 0 Å². The summed E-state index contributed by atoms with van der Waals surface area (Å²) >= 11 is 7.10. The van der Waals surface area contributed by atoms with E-state index in [1.54, 1.807) is 19.4 Å². The third-order valence-electron chi connectivity index (χ3n) is 2.86. The highest BCUT2D eigenvalue weighted by Crippen LogP contribution is 2.31. The first-order valence-electron chi connectivity index (χ1n) is 6.23. The first kappa shape index (κ1) is 16.1. The van der Waals surface area contributed by atoms with Crippen LogP contribution in [0, 0.1) is 0 Å². The van der Waals surface area contributed by atoms with Gasteiger partial charge in [0.05, 0.1) is 22.9 Å². The third-order valence-corrected chi connectivity index (χ3v) is 3.99. The molecule has 1 N–H and O–H groups in total. The number of aliphatic carboxylic acids is 1. The number of fused-ring (bicyclic) bond motifs is 1. The maximum atomic E-state index is 10.8. The Bertz CT molecular complexity index is 672. The van der Waals surface area contributed by atoms with Crippen molar-refractivity contribution in [3.63, 3.8) is 0 Å². The molecule has 0 radical (unpaired) electrons. The molecule has 21 heavy (non-hydrogen) atoms. The second-order valence-electron chi connectivity index (χ2n) is 5.15. The summed E-state index contributed by atoms with van der Waals surface area (Å²) in [5.41, 5.74) is 0.888. The van der Waals surface area contributed by atoms with Crippen molar-refractivity contribution in [3.05, 3.63) is 17.3 Å². The molecule has 0 amide bonds. The molecule has 0 fully saturated rings. The zero-order valence-electron chi connectivity index (χ0n) is 12.0. The molecule has 2 aromatic rings. The van der Waals surface area contributed by atoms with E-state index in [1.165, 1.54) is 0 Å². The van der Waals surface area contributed by atoms with Gasteiger partial charge < -0.3 is 9.84 Å². The number of thioether (sulfide) groups is 1. The Morgan fingerprint density at radius 1 is 1.57 bits per heavy atom. The standard InChI is InChI=1S/C13H16ClN3O3S/c1-13(2,7-20-3)17-11-9(4-8(14)5-15-11)16-12(17)21-6-10(18)19/h4-5H,6-7H2,1-3H3,(H,18,19). The van der Waals surface area contributed by atoms with Crippen molar-refractivity contribution in [2.75, 3.05) is 19.5 Å². The van der Waals surface area contributed by atoms with E-state index in [0.29, 0.717) is 27.9 Å². The molecule has 6 nitrogen and oxygen atoms in total. The van der Waals surface area contributed by atoms with E-state index in [1.807, 2.05) is 18.4 Å². The molecule has 114 valence electrons. The molecule has 0 saturated carbocycles. The fourth-order valence-electron chi connectivity index (χ4n) is 2.11. The average Bonchev–Trinajstić information content (AvgIpc) is 2.74. The summed E-state index contributed by atoms with van der Waals surface area (Å²) in [6, 6.07) is 1.72. The number of ether oxygens (including phenoxy) is 1. The second-order valence-corrected chi connectivity index (χ2v) is 6.53. The molecule has 2 heterocycles. The SMILES string of the molecule is COCC(C)(C)n1c(SCC(=O)O)nc2cc(Cl)cnc21. The number of carboxylic acid groups (broad SMARTS) is 1. The van der Waals surface area contributed by atoms with E-state index in [-0.39, 0.29) is 5.75 Å². The van der Waals surface area contributed by atoms with E-state index in [4.69, 9.17) is 21.4 Å². The molecule has 0 bridgehead atoms. The minimum atomic E-state index is -0.894. The van der Waals surface area contributed by atoms with Crippen molar-refractivity contribution in [3.8, 4) is 0 Å². The molecule has 0 saturated heterocycles. The second kappa shape index (κ2) is 6.21. The Morgan fingerprint density at radius 3 is 2.90 bits per heavy atom. The molecule has 0 aromatic carbocycles. The summed E-state index contributed by atoms with van der Waals surface area (Å²) in [7, 11) is 1.62. The Hall–Kier alpha value is -1.31. The van der Waals surface area contributed by atoms with Gasteiger partial charge in [-0.25, -0.2) is 9.97 Å². The van der Waals surface area contributed by atoms with Crippen molar-refractivity contribution < 1.29 is 14.6 Å². The lowest BCUT2D eigenvalue weighted by Crippen LogP contribution is -2.32. The summed E-state index contributed by atoms with van der Waals surface area (Å²) in [4.78, 5) is 19.6. The lowest BCUT2D eigenvalue weighted by Gasteiger charge is -2.27. The van der Waals surface area contributed by atoms with E-state index < -0.39 is 11.5 Å². The van der Waals surface area contributed by atoms with Crippen LogP contribution in [-0.4, -0.2) is 45.1 Å². The average molecular weight is 330 g/mol. The number of carbonyl (C=O) groups is 1. The maximum Gasteiger partial charge on any atom is 0.313 e. The topological polar surface area (TPSA) is 77.2 Å². The van der Waals surface area contributed by atoms with Crippen molar-refractivity contribution in [2.24, 2.45) is 0 Å². The van der Waals surface area contributed by atoms with Crippen LogP contribution in [0.1, 0.15) is 13.8 Å². The number of halogens is 1. The molecule has 2 aromatic heterocycles. The number of methoxy groups -OCH3 is 1. The highest BCUT2D eigenvalue weighted by molar-refractivity contribution is 7.99. The van der Waals surface area contributed by atoms with Crippen LogP contribution in [0.5, 0.6) is 0 Å². The van der Waals surface area contributed by atoms with Crippen LogP contribution in [-0.2, 0) is 15.1 Å².